The molecular formula is C16H18INO. The number of carbonyl (C=O) groups excluding carboxylic acids is 1. The molecule has 1 unspecified atom stereocenters. The van der Waals surface area contributed by atoms with Crippen molar-refractivity contribution in [3.63, 3.8) is 0 Å². The highest BCUT2D eigenvalue weighted by Crippen LogP contribution is 2.26. The van der Waals surface area contributed by atoms with Crippen LogP contribution in [0.25, 0.3) is 6.08 Å². The Balaban J connectivity index is 2.06. The Morgan fingerprint density at radius 3 is 2.58 bits per heavy atom. The summed E-state index contributed by atoms with van der Waals surface area (Å²) in [5, 5.41) is 0. The highest BCUT2D eigenvalue weighted by atomic mass is 127. The van der Waals surface area contributed by atoms with E-state index in [-0.39, 0.29) is 11.7 Å². The molecule has 3 heteroatoms. The molecule has 1 aliphatic rings. The van der Waals surface area contributed by atoms with E-state index >= 15 is 0 Å². The quantitative estimate of drug-likeness (QED) is 0.751. The van der Waals surface area contributed by atoms with Gasteiger partial charge in [0.05, 0.1) is 3.58 Å². The molecule has 1 aromatic rings. The average molecular weight is 367 g/mol. The maximum Gasteiger partial charge on any atom is 0.175 e. The molecule has 0 saturated carbocycles. The minimum absolute atomic E-state index is 0.0467. The maximum atomic E-state index is 12.0. The lowest BCUT2D eigenvalue weighted by atomic mass is 9.92. The molecule has 1 aliphatic carbocycles. The fourth-order valence-corrected chi connectivity index (χ4v) is 2.80. The van der Waals surface area contributed by atoms with E-state index in [9.17, 15) is 4.79 Å². The number of carbonyl (C=O) groups is 1. The first-order valence-electron chi connectivity index (χ1n) is 6.43. The lowest BCUT2D eigenvalue weighted by Crippen LogP contribution is -2.15. The first kappa shape index (κ1) is 14.3. The van der Waals surface area contributed by atoms with Crippen molar-refractivity contribution >= 4 is 40.1 Å². The fraction of sp³-hybridized carbons (Fsp3) is 0.312. The minimum Gasteiger partial charge on any atom is -0.378 e. The van der Waals surface area contributed by atoms with Crippen LogP contribution in [-0.2, 0) is 4.79 Å². The van der Waals surface area contributed by atoms with E-state index in [0.717, 1.165) is 22.0 Å². The molecule has 19 heavy (non-hydrogen) atoms. The number of anilines is 1. The molecule has 0 bridgehead atoms. The monoisotopic (exact) mass is 367 g/mol. The van der Waals surface area contributed by atoms with Crippen molar-refractivity contribution in [2.75, 3.05) is 19.0 Å². The van der Waals surface area contributed by atoms with Gasteiger partial charge < -0.3 is 4.90 Å². The van der Waals surface area contributed by atoms with Gasteiger partial charge in [0.15, 0.2) is 5.78 Å². The third kappa shape index (κ3) is 3.69. The second-order valence-electron chi connectivity index (χ2n) is 4.95. The predicted octanol–water partition coefficient (Wildman–Crippen LogP) is 4.06. The van der Waals surface area contributed by atoms with Crippen molar-refractivity contribution < 1.29 is 4.79 Å². The minimum atomic E-state index is 0.0467. The summed E-state index contributed by atoms with van der Waals surface area (Å²) >= 11 is 2.14. The molecule has 2 nitrogen and oxygen atoms in total. The van der Waals surface area contributed by atoms with Crippen LogP contribution in [0.5, 0.6) is 0 Å². The first-order valence-corrected chi connectivity index (χ1v) is 7.51. The molecular weight excluding hydrogens is 349 g/mol. The number of ketones is 1. The van der Waals surface area contributed by atoms with E-state index in [4.69, 9.17) is 0 Å². The van der Waals surface area contributed by atoms with E-state index < -0.39 is 0 Å². The lowest BCUT2D eigenvalue weighted by Gasteiger charge is -2.15. The van der Waals surface area contributed by atoms with Crippen LogP contribution in [0.2, 0.25) is 0 Å². The summed E-state index contributed by atoms with van der Waals surface area (Å²) in [4.78, 5) is 14.0. The molecule has 1 aromatic carbocycles. The summed E-state index contributed by atoms with van der Waals surface area (Å²) in [6, 6.07) is 8.35. The molecule has 0 saturated heterocycles. The van der Waals surface area contributed by atoms with E-state index in [1.54, 1.807) is 0 Å². The molecule has 2 rings (SSSR count). The summed E-state index contributed by atoms with van der Waals surface area (Å²) in [5.41, 5.74) is 2.33. The zero-order valence-electron chi connectivity index (χ0n) is 11.3. The normalized spacial score (nSPS) is 19.6. The summed E-state index contributed by atoms with van der Waals surface area (Å²) in [7, 11) is 4.06. The van der Waals surface area contributed by atoms with Gasteiger partial charge in [-0.05, 0) is 53.1 Å². The Kier molecular flexibility index (Phi) is 4.80. The molecule has 0 radical (unpaired) electrons. The van der Waals surface area contributed by atoms with E-state index in [2.05, 4.69) is 57.8 Å². The number of rotatable bonds is 3. The van der Waals surface area contributed by atoms with Gasteiger partial charge >= 0.3 is 0 Å². The standard InChI is InChI=1S/C16H18INO/c1-18(2)14-10-7-12(8-11-14)6-9-13-4-3-5-15(17)16(13)19/h5-11,13H,3-4H2,1-2H3/b9-6+. The summed E-state index contributed by atoms with van der Waals surface area (Å²) in [6.07, 6.45) is 8.05. The third-order valence-electron chi connectivity index (χ3n) is 3.30. The van der Waals surface area contributed by atoms with Crippen molar-refractivity contribution in [2.24, 2.45) is 5.92 Å². The topological polar surface area (TPSA) is 20.3 Å². The van der Waals surface area contributed by atoms with Crippen molar-refractivity contribution in [2.45, 2.75) is 12.8 Å². The third-order valence-corrected chi connectivity index (χ3v) is 4.28. The molecule has 0 amide bonds. The van der Waals surface area contributed by atoms with Gasteiger partial charge in [-0.1, -0.05) is 30.4 Å². The van der Waals surface area contributed by atoms with Crippen molar-refractivity contribution in [1.82, 2.24) is 0 Å². The second-order valence-corrected chi connectivity index (χ2v) is 6.11. The second kappa shape index (κ2) is 6.37. The maximum absolute atomic E-state index is 12.0. The van der Waals surface area contributed by atoms with Gasteiger partial charge in [0.2, 0.25) is 0 Å². The van der Waals surface area contributed by atoms with Gasteiger partial charge in [0.25, 0.3) is 0 Å². The van der Waals surface area contributed by atoms with Crippen LogP contribution in [0.4, 0.5) is 5.69 Å². The van der Waals surface area contributed by atoms with Crippen molar-refractivity contribution in [3.05, 3.63) is 45.6 Å². The summed E-state index contributed by atoms with van der Waals surface area (Å²) < 4.78 is 0.876. The molecule has 0 aromatic heterocycles. The number of benzene rings is 1. The highest BCUT2D eigenvalue weighted by molar-refractivity contribution is 14.1. The van der Waals surface area contributed by atoms with Crippen LogP contribution in [0.15, 0.2) is 40.0 Å². The molecule has 0 heterocycles. The predicted molar refractivity (Wildman–Crippen MR) is 89.6 cm³/mol. The zero-order chi connectivity index (χ0) is 13.8. The van der Waals surface area contributed by atoms with E-state index in [0.29, 0.717) is 0 Å². The van der Waals surface area contributed by atoms with Crippen LogP contribution in [0.3, 0.4) is 0 Å². The molecule has 0 aliphatic heterocycles. The molecule has 100 valence electrons. The number of allylic oxidation sites excluding steroid dienone is 3. The number of Topliss-reactive ketones (excluding diaryl/α,β-unsaturated/α-hetero) is 1. The highest BCUT2D eigenvalue weighted by Gasteiger charge is 2.20. The molecule has 1 atom stereocenters. The average Bonchev–Trinajstić information content (AvgIpc) is 2.41. The van der Waals surface area contributed by atoms with E-state index in [1.807, 2.05) is 26.2 Å². The van der Waals surface area contributed by atoms with Gasteiger partial charge in [-0.2, -0.15) is 0 Å². The van der Waals surface area contributed by atoms with Crippen LogP contribution in [0.1, 0.15) is 18.4 Å². The van der Waals surface area contributed by atoms with Gasteiger partial charge in [0.1, 0.15) is 0 Å². The summed E-state index contributed by atoms with van der Waals surface area (Å²) in [6.45, 7) is 0. The summed E-state index contributed by atoms with van der Waals surface area (Å²) in [5.74, 6) is 0.304. The van der Waals surface area contributed by atoms with Crippen LogP contribution >= 0.6 is 22.6 Å². The molecule has 0 spiro atoms. The fourth-order valence-electron chi connectivity index (χ4n) is 2.09. The first-order chi connectivity index (χ1) is 9.08. The zero-order valence-corrected chi connectivity index (χ0v) is 13.4. The Hall–Kier alpha value is -1.10. The van der Waals surface area contributed by atoms with E-state index in [1.165, 1.54) is 5.69 Å². The van der Waals surface area contributed by atoms with Gasteiger partial charge in [-0.25, -0.2) is 0 Å². The van der Waals surface area contributed by atoms with Crippen molar-refractivity contribution in [1.29, 1.82) is 0 Å². The smallest absolute Gasteiger partial charge is 0.175 e. The Morgan fingerprint density at radius 2 is 1.95 bits per heavy atom. The Labute approximate surface area is 128 Å². The number of hydrogen-bond acceptors (Lipinski definition) is 2. The number of halogens is 1. The van der Waals surface area contributed by atoms with Crippen LogP contribution in [0, 0.1) is 5.92 Å². The number of hydrogen-bond donors (Lipinski definition) is 0. The Bertz CT molecular complexity index is 514. The molecule has 0 fully saturated rings. The van der Waals surface area contributed by atoms with Gasteiger partial charge in [-0.15, -0.1) is 0 Å². The molecule has 0 N–H and O–H groups in total. The van der Waals surface area contributed by atoms with Crippen LogP contribution in [-0.4, -0.2) is 19.9 Å². The SMILES string of the molecule is CN(C)c1ccc(/C=C/C2CCC=C(I)C2=O)cc1. The van der Waals surface area contributed by atoms with Gasteiger partial charge in [0, 0.05) is 25.7 Å². The lowest BCUT2D eigenvalue weighted by molar-refractivity contribution is -0.117. The van der Waals surface area contributed by atoms with Gasteiger partial charge in [-0.3, -0.25) is 4.79 Å². The Morgan fingerprint density at radius 1 is 1.26 bits per heavy atom. The van der Waals surface area contributed by atoms with Crippen LogP contribution < -0.4 is 4.90 Å². The van der Waals surface area contributed by atoms with Crippen molar-refractivity contribution in [3.8, 4) is 0 Å². The number of nitrogens with zero attached hydrogens (tertiary/aromatic N) is 1. The largest absolute Gasteiger partial charge is 0.378 e.